The number of rotatable bonds is 0. The molecule has 0 bridgehead atoms. The molecule has 0 aliphatic carbocycles. The van der Waals surface area contributed by atoms with Crippen molar-refractivity contribution in [1.82, 2.24) is 0 Å². The molecule has 0 amide bonds. The number of nitrogens with zero attached hydrogens (tertiary/aromatic N) is 4. The van der Waals surface area contributed by atoms with Crippen LogP contribution in [0.25, 0.3) is 19.4 Å². The van der Waals surface area contributed by atoms with Crippen molar-refractivity contribution in [3.63, 3.8) is 0 Å². The summed E-state index contributed by atoms with van der Waals surface area (Å²) in [6.07, 6.45) is 0. The predicted octanol–water partition coefficient (Wildman–Crippen LogP) is 5.49. The predicted molar refractivity (Wildman–Crippen MR) is 107 cm³/mol. The normalized spacial score (nSPS) is 6.52. The molecule has 0 aromatic carbocycles. The molecule has 0 N–H and O–H groups in total. The van der Waals surface area contributed by atoms with Crippen molar-refractivity contribution in [2.75, 3.05) is 7.05 Å². The van der Waals surface area contributed by atoms with Crippen LogP contribution in [0.1, 0.15) is 62.3 Å². The number of hydrogen-bond donors (Lipinski definition) is 0. The zero-order valence-corrected chi connectivity index (χ0v) is 22.3. The van der Waals surface area contributed by atoms with Crippen molar-refractivity contribution >= 4 is 0 Å². The molecule has 0 unspecified atom stereocenters. The summed E-state index contributed by atoms with van der Waals surface area (Å²) in [6, 6.07) is 0. The molecule has 0 spiro atoms. The van der Waals surface area contributed by atoms with Gasteiger partial charge in [0.2, 0.25) is 23.7 Å². The zero-order valence-electron chi connectivity index (χ0n) is 19.6. The Hall–Kier alpha value is -1.95. The van der Waals surface area contributed by atoms with Crippen LogP contribution in [0.2, 0.25) is 0 Å². The van der Waals surface area contributed by atoms with Gasteiger partial charge in [0.1, 0.15) is 0 Å². The van der Waals surface area contributed by atoms with E-state index in [1.165, 1.54) is 7.05 Å². The molecule has 0 rings (SSSR count). The summed E-state index contributed by atoms with van der Waals surface area (Å²) in [6.45, 7) is 60.3. The molecular formula is C21H30CoN4O4Rh. The van der Waals surface area contributed by atoms with Crippen LogP contribution < -0.4 is 0 Å². The Bertz CT molecular complexity index is 500. The van der Waals surface area contributed by atoms with Gasteiger partial charge in [0.15, 0.2) is 0 Å². The van der Waals surface area contributed by atoms with Crippen molar-refractivity contribution in [3.8, 4) is 0 Å². The zero-order chi connectivity index (χ0) is 26.3. The second-order valence-electron chi connectivity index (χ2n) is 7.07. The van der Waals surface area contributed by atoms with E-state index < -0.39 is 0 Å². The maximum Gasteiger partial charge on any atom is 0 e. The molecule has 0 saturated heterocycles. The van der Waals surface area contributed by atoms with Gasteiger partial charge in [-0.2, -0.15) is 0 Å². The summed E-state index contributed by atoms with van der Waals surface area (Å²) < 4.78 is 30.0. The van der Waals surface area contributed by atoms with Crippen molar-refractivity contribution < 1.29 is 54.9 Å². The Kier molecular flexibility index (Phi) is 104. The first-order valence-corrected chi connectivity index (χ1v) is 7.33. The minimum Gasteiger partial charge on any atom is 0 e. The molecular weight excluding hydrogens is 534 g/mol. The van der Waals surface area contributed by atoms with E-state index >= 15 is 0 Å². The standard InChI is InChI=1S/3C5H9N.C2H3N.4CO.Co.Rh/c3*1-5(2,3)6-4;1-3-2;4*1-2;;/h3*1-3H3;1H3;;;;;;. The largest absolute Gasteiger partial charge is 0 e. The molecule has 0 fully saturated rings. The third-order valence-electron chi connectivity index (χ3n) is 1.01. The maximum absolute atomic E-state index is 7.50. The van der Waals surface area contributed by atoms with Crippen LogP contribution in [0.4, 0.5) is 0 Å². The van der Waals surface area contributed by atoms with Gasteiger partial charge in [0, 0.05) is 98.6 Å². The molecule has 0 aliphatic rings. The molecule has 176 valence electrons. The van der Waals surface area contributed by atoms with Gasteiger partial charge < -0.3 is 19.4 Å². The second kappa shape index (κ2) is 51.1. The van der Waals surface area contributed by atoms with Gasteiger partial charge in [0.25, 0.3) is 0 Å². The third kappa shape index (κ3) is 383. The van der Waals surface area contributed by atoms with Gasteiger partial charge in [-0.1, -0.05) is 0 Å². The van der Waals surface area contributed by atoms with Crippen LogP contribution in [0.15, 0.2) is 0 Å². The van der Waals surface area contributed by atoms with Gasteiger partial charge in [-0.3, -0.25) is 0 Å². The molecule has 0 aliphatic heterocycles. The molecule has 0 aromatic heterocycles. The molecule has 0 aromatic rings. The van der Waals surface area contributed by atoms with Gasteiger partial charge in [-0.25, -0.2) is 26.3 Å². The molecule has 0 heterocycles. The Balaban J connectivity index is -0.0000000212. The summed E-state index contributed by atoms with van der Waals surface area (Å²) in [4.78, 5) is 12.6. The summed E-state index contributed by atoms with van der Waals surface area (Å²) in [5, 5.41) is 0. The summed E-state index contributed by atoms with van der Waals surface area (Å²) in [7, 11) is 1.42. The van der Waals surface area contributed by atoms with Gasteiger partial charge in [-0.05, 0) is 0 Å². The van der Waals surface area contributed by atoms with Crippen molar-refractivity contribution in [3.05, 3.63) is 72.3 Å². The van der Waals surface area contributed by atoms with Crippen LogP contribution >= 0.6 is 0 Å². The first-order valence-electron chi connectivity index (χ1n) is 7.33. The molecule has 8 nitrogen and oxygen atoms in total. The summed E-state index contributed by atoms with van der Waals surface area (Å²) >= 11 is 0. The summed E-state index contributed by atoms with van der Waals surface area (Å²) in [5.41, 5.74) is -0.500. The fraction of sp³-hybridized carbons (Fsp3) is 0.619. The Labute approximate surface area is 212 Å². The van der Waals surface area contributed by atoms with E-state index in [2.05, 4.69) is 46.0 Å². The first-order chi connectivity index (χ1) is 13.1. The molecule has 0 atom stereocenters. The van der Waals surface area contributed by atoms with Crippen molar-refractivity contribution in [2.45, 2.75) is 78.9 Å². The Morgan fingerprint density at radius 1 is 0.452 bits per heavy atom. The fourth-order valence-corrected chi connectivity index (χ4v) is 0. The topological polar surface area (TPSA) is 97.0 Å². The van der Waals surface area contributed by atoms with Gasteiger partial charge >= 0.3 is 45.2 Å². The smallest absolute Gasteiger partial charge is 0 e. The van der Waals surface area contributed by atoms with E-state index in [1.807, 2.05) is 62.3 Å². The van der Waals surface area contributed by atoms with Crippen molar-refractivity contribution in [2.24, 2.45) is 0 Å². The molecule has 31 heavy (non-hydrogen) atoms. The second-order valence-corrected chi connectivity index (χ2v) is 7.07. The average molecular weight is 564 g/mol. The monoisotopic (exact) mass is 564 g/mol. The van der Waals surface area contributed by atoms with Crippen LogP contribution in [0.5, 0.6) is 0 Å². The molecule has 2 radical (unpaired) electrons. The minimum atomic E-state index is -0.167. The van der Waals surface area contributed by atoms with Crippen LogP contribution in [0.3, 0.4) is 0 Å². The third-order valence-corrected chi connectivity index (χ3v) is 1.01. The summed E-state index contributed by atoms with van der Waals surface area (Å²) in [5.74, 6) is 0. The van der Waals surface area contributed by atoms with Crippen LogP contribution in [-0.2, 0) is 54.9 Å². The van der Waals surface area contributed by atoms with E-state index in [1.54, 1.807) is 0 Å². The quantitative estimate of drug-likeness (QED) is 0.211. The van der Waals surface area contributed by atoms with E-state index in [9.17, 15) is 0 Å². The van der Waals surface area contributed by atoms with Gasteiger partial charge in [0.05, 0.1) is 0 Å². The van der Waals surface area contributed by atoms with E-state index in [0.717, 1.165) is 0 Å². The molecule has 0 saturated carbocycles. The van der Waals surface area contributed by atoms with E-state index in [0.29, 0.717) is 0 Å². The molecule has 10 heteroatoms. The van der Waals surface area contributed by atoms with Crippen LogP contribution in [0, 0.1) is 52.9 Å². The minimum absolute atomic E-state index is 0. The van der Waals surface area contributed by atoms with E-state index in [4.69, 9.17) is 44.9 Å². The Morgan fingerprint density at radius 3 is 0.484 bits per heavy atom. The number of hydrogen-bond acceptors (Lipinski definition) is 0. The first kappa shape index (κ1) is 63.0. The Morgan fingerprint density at radius 2 is 0.484 bits per heavy atom. The van der Waals surface area contributed by atoms with Crippen LogP contribution in [-0.4, -0.2) is 23.7 Å². The van der Waals surface area contributed by atoms with Crippen molar-refractivity contribution in [1.29, 1.82) is 0 Å². The maximum atomic E-state index is 7.50. The fourth-order valence-electron chi connectivity index (χ4n) is 0. The average Bonchev–Trinajstić information content (AvgIpc) is 2.68. The van der Waals surface area contributed by atoms with E-state index in [-0.39, 0.29) is 52.9 Å². The SMILES string of the molecule is [C-]#[N+]C.[C-]#[N+]C(C)(C)C.[C-]#[N+]C(C)(C)C.[C-]#[N+]C(C)(C)C.[C-]#[O+].[C-]#[O+].[C-]#[O+].[C-]#[O+].[Co].[Rh]. The van der Waals surface area contributed by atoms with Gasteiger partial charge in [-0.15, -0.1) is 0 Å².